The Balaban J connectivity index is 1.71. The fraction of sp³-hybridized carbons (Fsp3) is 0.385. The predicted octanol–water partition coefficient (Wildman–Crippen LogP) is 0.439. The Morgan fingerprint density at radius 3 is 3.10 bits per heavy atom. The first-order chi connectivity index (χ1) is 9.76. The number of hydrogen-bond acceptors (Lipinski definition) is 6. The SMILES string of the molecule is NCC1CC(=O)N(Cc2nc(-c3cccnc3)no2)C1. The van der Waals surface area contributed by atoms with Crippen LogP contribution in [0.15, 0.2) is 29.0 Å². The third-order valence-corrected chi connectivity index (χ3v) is 3.34. The molecule has 20 heavy (non-hydrogen) atoms. The molecule has 1 saturated heterocycles. The molecule has 1 aliphatic heterocycles. The zero-order valence-electron chi connectivity index (χ0n) is 10.9. The van der Waals surface area contributed by atoms with E-state index in [2.05, 4.69) is 15.1 Å². The average Bonchev–Trinajstić information content (AvgIpc) is 3.08. The number of nitrogens with two attached hydrogens (primary N) is 1. The highest BCUT2D eigenvalue weighted by Gasteiger charge is 2.29. The molecule has 1 fully saturated rings. The van der Waals surface area contributed by atoms with Gasteiger partial charge in [0.25, 0.3) is 0 Å². The lowest BCUT2D eigenvalue weighted by Gasteiger charge is -2.12. The van der Waals surface area contributed by atoms with Gasteiger partial charge in [-0.15, -0.1) is 0 Å². The Morgan fingerprint density at radius 2 is 2.40 bits per heavy atom. The van der Waals surface area contributed by atoms with E-state index in [0.717, 1.165) is 5.56 Å². The number of carbonyl (C=O) groups is 1. The van der Waals surface area contributed by atoms with Crippen molar-refractivity contribution in [3.05, 3.63) is 30.4 Å². The summed E-state index contributed by atoms with van der Waals surface area (Å²) < 4.78 is 5.18. The van der Waals surface area contributed by atoms with E-state index in [1.807, 2.05) is 6.07 Å². The largest absolute Gasteiger partial charge is 0.337 e. The minimum absolute atomic E-state index is 0.0848. The first-order valence-corrected chi connectivity index (χ1v) is 6.47. The van der Waals surface area contributed by atoms with Gasteiger partial charge < -0.3 is 15.2 Å². The topological polar surface area (TPSA) is 98.1 Å². The van der Waals surface area contributed by atoms with Crippen molar-refractivity contribution >= 4 is 5.91 Å². The molecule has 1 amide bonds. The summed E-state index contributed by atoms with van der Waals surface area (Å²) in [6, 6.07) is 3.66. The van der Waals surface area contributed by atoms with Gasteiger partial charge in [-0.2, -0.15) is 4.98 Å². The molecule has 1 unspecified atom stereocenters. The van der Waals surface area contributed by atoms with Gasteiger partial charge in [-0.1, -0.05) is 5.16 Å². The summed E-state index contributed by atoms with van der Waals surface area (Å²) in [6.45, 7) is 1.51. The Hall–Kier alpha value is -2.28. The molecule has 0 bridgehead atoms. The highest BCUT2D eigenvalue weighted by atomic mass is 16.5. The number of aromatic nitrogens is 3. The van der Waals surface area contributed by atoms with Crippen LogP contribution in [0.25, 0.3) is 11.4 Å². The molecule has 7 heteroatoms. The summed E-state index contributed by atoms with van der Waals surface area (Å²) in [5.74, 6) is 1.22. The van der Waals surface area contributed by atoms with Gasteiger partial charge in [-0.05, 0) is 24.6 Å². The first kappa shape index (κ1) is 12.7. The maximum absolute atomic E-state index is 11.8. The van der Waals surface area contributed by atoms with E-state index in [1.165, 1.54) is 0 Å². The summed E-state index contributed by atoms with van der Waals surface area (Å²) in [4.78, 5) is 21.8. The molecule has 0 radical (unpaired) electrons. The maximum Gasteiger partial charge on any atom is 0.246 e. The van der Waals surface area contributed by atoms with Crippen molar-refractivity contribution in [1.82, 2.24) is 20.0 Å². The van der Waals surface area contributed by atoms with Crippen LogP contribution in [0.2, 0.25) is 0 Å². The molecular weight excluding hydrogens is 258 g/mol. The van der Waals surface area contributed by atoms with Crippen LogP contribution < -0.4 is 5.73 Å². The highest BCUT2D eigenvalue weighted by Crippen LogP contribution is 2.20. The molecular formula is C13H15N5O2. The molecule has 2 N–H and O–H groups in total. The molecule has 0 spiro atoms. The van der Waals surface area contributed by atoms with Crippen LogP contribution in [0.3, 0.4) is 0 Å². The van der Waals surface area contributed by atoms with Crippen molar-refractivity contribution in [3.63, 3.8) is 0 Å². The Bertz CT molecular complexity index is 598. The summed E-state index contributed by atoms with van der Waals surface area (Å²) in [7, 11) is 0. The van der Waals surface area contributed by atoms with Gasteiger partial charge in [-0.3, -0.25) is 9.78 Å². The van der Waals surface area contributed by atoms with E-state index in [1.54, 1.807) is 23.4 Å². The highest BCUT2D eigenvalue weighted by molar-refractivity contribution is 5.78. The Kier molecular flexibility index (Phi) is 3.42. The van der Waals surface area contributed by atoms with E-state index >= 15 is 0 Å². The van der Waals surface area contributed by atoms with E-state index < -0.39 is 0 Å². The van der Waals surface area contributed by atoms with Crippen molar-refractivity contribution in [2.75, 3.05) is 13.1 Å². The minimum Gasteiger partial charge on any atom is -0.337 e. The van der Waals surface area contributed by atoms with Crippen molar-refractivity contribution in [2.45, 2.75) is 13.0 Å². The molecule has 0 aliphatic carbocycles. The quantitative estimate of drug-likeness (QED) is 0.867. The van der Waals surface area contributed by atoms with Gasteiger partial charge in [-0.25, -0.2) is 0 Å². The zero-order valence-corrected chi connectivity index (χ0v) is 10.9. The van der Waals surface area contributed by atoms with E-state index in [-0.39, 0.29) is 11.8 Å². The summed E-state index contributed by atoms with van der Waals surface area (Å²) in [5.41, 5.74) is 6.38. The molecule has 1 atom stereocenters. The number of pyridine rings is 1. The molecule has 3 rings (SSSR count). The number of amides is 1. The lowest BCUT2D eigenvalue weighted by molar-refractivity contribution is -0.128. The van der Waals surface area contributed by atoms with Gasteiger partial charge in [0.15, 0.2) is 0 Å². The lowest BCUT2D eigenvalue weighted by Crippen LogP contribution is -2.25. The standard InChI is InChI=1S/C13H15N5O2/c14-5-9-4-12(19)18(7-9)8-11-16-13(17-20-11)10-2-1-3-15-6-10/h1-3,6,9H,4-5,7-8,14H2. The molecule has 0 aromatic carbocycles. The van der Waals surface area contributed by atoms with Crippen LogP contribution in [0.1, 0.15) is 12.3 Å². The normalized spacial score (nSPS) is 18.8. The van der Waals surface area contributed by atoms with Gasteiger partial charge in [0.05, 0.1) is 6.54 Å². The number of carbonyl (C=O) groups excluding carboxylic acids is 1. The van der Waals surface area contributed by atoms with Crippen LogP contribution in [-0.4, -0.2) is 39.0 Å². The summed E-state index contributed by atoms with van der Waals surface area (Å²) in [6.07, 6.45) is 3.85. The molecule has 3 heterocycles. The third kappa shape index (κ3) is 2.53. The van der Waals surface area contributed by atoms with Gasteiger partial charge >= 0.3 is 0 Å². The van der Waals surface area contributed by atoms with Crippen LogP contribution in [-0.2, 0) is 11.3 Å². The van der Waals surface area contributed by atoms with Crippen LogP contribution in [0.5, 0.6) is 0 Å². The van der Waals surface area contributed by atoms with Crippen molar-refractivity contribution in [1.29, 1.82) is 0 Å². The van der Waals surface area contributed by atoms with E-state index in [4.69, 9.17) is 10.3 Å². The second-order valence-electron chi connectivity index (χ2n) is 4.83. The second kappa shape index (κ2) is 5.38. The predicted molar refractivity (Wildman–Crippen MR) is 70.1 cm³/mol. The average molecular weight is 273 g/mol. The fourth-order valence-corrected chi connectivity index (χ4v) is 2.26. The van der Waals surface area contributed by atoms with Crippen LogP contribution >= 0.6 is 0 Å². The number of hydrogen-bond donors (Lipinski definition) is 1. The van der Waals surface area contributed by atoms with Crippen molar-refractivity contribution < 1.29 is 9.32 Å². The second-order valence-corrected chi connectivity index (χ2v) is 4.83. The van der Waals surface area contributed by atoms with Crippen molar-refractivity contribution in [2.24, 2.45) is 11.7 Å². The van der Waals surface area contributed by atoms with E-state index in [0.29, 0.717) is 37.8 Å². The van der Waals surface area contributed by atoms with Crippen molar-refractivity contribution in [3.8, 4) is 11.4 Å². The number of nitrogens with zero attached hydrogens (tertiary/aromatic N) is 4. The summed E-state index contributed by atoms with van der Waals surface area (Å²) in [5, 5.41) is 3.90. The minimum atomic E-state index is 0.0848. The third-order valence-electron chi connectivity index (χ3n) is 3.34. The van der Waals surface area contributed by atoms with E-state index in [9.17, 15) is 4.79 Å². The van der Waals surface area contributed by atoms with Gasteiger partial charge in [0.2, 0.25) is 17.6 Å². The molecule has 104 valence electrons. The fourth-order valence-electron chi connectivity index (χ4n) is 2.26. The van der Waals surface area contributed by atoms with Gasteiger partial charge in [0.1, 0.15) is 0 Å². The van der Waals surface area contributed by atoms with Crippen LogP contribution in [0, 0.1) is 5.92 Å². The Labute approximate surface area is 115 Å². The smallest absolute Gasteiger partial charge is 0.246 e. The monoisotopic (exact) mass is 273 g/mol. The molecule has 1 aliphatic rings. The maximum atomic E-state index is 11.8. The molecule has 2 aromatic heterocycles. The zero-order chi connectivity index (χ0) is 13.9. The van der Waals surface area contributed by atoms with Crippen LogP contribution in [0.4, 0.5) is 0 Å². The first-order valence-electron chi connectivity index (χ1n) is 6.47. The molecule has 7 nitrogen and oxygen atoms in total. The Morgan fingerprint density at radius 1 is 1.50 bits per heavy atom. The number of rotatable bonds is 4. The number of likely N-dealkylation sites (tertiary alicyclic amines) is 1. The van der Waals surface area contributed by atoms with Gasteiger partial charge in [0, 0.05) is 30.9 Å². The molecule has 0 saturated carbocycles. The molecule has 2 aromatic rings. The lowest BCUT2D eigenvalue weighted by atomic mass is 10.1. The summed E-state index contributed by atoms with van der Waals surface area (Å²) >= 11 is 0.